The molecule has 0 saturated carbocycles. The number of aryl methyl sites for hydroxylation is 4. The molecule has 2 aromatic heterocycles. The first kappa shape index (κ1) is 48.5. The standard InChI is InChI=1S/C74H57N5/c1-50-19-17-21-58(43-50)70-49-69(75-74(76-70)59-22-18-20-51(2)44-59)56-35-31-54(32-36-56)55-33-37-57(38-34-55)73-52(3)45-66(46-53(73)4)79-71-41-39-64(77(60-23-9-5-10-24-60)61-25-11-6-12-26-61)47-67(71)68-48-65(40-42-72(68)79)78(62-27-13-7-14-28-62)63-29-15-8-16-30-63/h5-49H,1-4H3. The van der Waals surface area contributed by atoms with Crippen LogP contribution in [-0.4, -0.2) is 14.5 Å². The molecule has 0 fully saturated rings. The third-order valence-corrected chi connectivity index (χ3v) is 15.1. The third-order valence-electron chi connectivity index (χ3n) is 15.1. The summed E-state index contributed by atoms with van der Waals surface area (Å²) in [6.45, 7) is 8.72. The van der Waals surface area contributed by atoms with Crippen LogP contribution in [0.5, 0.6) is 0 Å². The van der Waals surface area contributed by atoms with Crippen molar-refractivity contribution in [2.45, 2.75) is 27.7 Å². The summed E-state index contributed by atoms with van der Waals surface area (Å²) < 4.78 is 2.45. The molecule has 0 spiro atoms. The molecule has 0 aliphatic heterocycles. The normalized spacial score (nSPS) is 11.3. The Labute approximate surface area is 462 Å². The Morgan fingerprint density at radius 1 is 0.291 bits per heavy atom. The molecule has 2 heterocycles. The van der Waals surface area contributed by atoms with Crippen LogP contribution in [0.3, 0.4) is 0 Å². The number of nitrogens with zero attached hydrogens (tertiary/aromatic N) is 5. The topological polar surface area (TPSA) is 37.2 Å². The zero-order chi connectivity index (χ0) is 53.4. The van der Waals surface area contributed by atoms with Gasteiger partial charge in [-0.1, -0.05) is 169 Å². The molecule has 11 aromatic carbocycles. The van der Waals surface area contributed by atoms with Crippen molar-refractivity contribution in [2.75, 3.05) is 9.80 Å². The monoisotopic (exact) mass is 1020 g/mol. The second-order valence-corrected chi connectivity index (χ2v) is 20.6. The van der Waals surface area contributed by atoms with Crippen molar-refractivity contribution in [1.82, 2.24) is 14.5 Å². The van der Waals surface area contributed by atoms with Gasteiger partial charge in [0, 0.05) is 67.3 Å². The Morgan fingerprint density at radius 3 is 1.13 bits per heavy atom. The lowest BCUT2D eigenvalue weighted by molar-refractivity contribution is 1.16. The molecular weight excluding hydrogens is 959 g/mol. The van der Waals surface area contributed by atoms with Crippen molar-refractivity contribution in [3.63, 3.8) is 0 Å². The summed E-state index contributed by atoms with van der Waals surface area (Å²) in [7, 11) is 0. The molecule has 0 amide bonds. The van der Waals surface area contributed by atoms with Crippen LogP contribution in [0.4, 0.5) is 34.1 Å². The van der Waals surface area contributed by atoms with Crippen molar-refractivity contribution >= 4 is 55.9 Å². The highest BCUT2D eigenvalue weighted by atomic mass is 15.1. The minimum atomic E-state index is 0.721. The van der Waals surface area contributed by atoms with Crippen molar-refractivity contribution in [1.29, 1.82) is 0 Å². The van der Waals surface area contributed by atoms with E-state index in [4.69, 9.17) is 9.97 Å². The SMILES string of the molecule is Cc1cccc(-c2cc(-c3ccc(-c4ccc(-c5c(C)cc(-n6c7ccc(N(c8ccccc8)c8ccccc8)cc7c7cc(N(c8ccccc8)c8ccccc8)ccc76)cc5C)cc4)cc3)nc(-c3cccc(C)c3)n2)c1. The van der Waals surface area contributed by atoms with Crippen molar-refractivity contribution in [2.24, 2.45) is 0 Å². The van der Waals surface area contributed by atoms with Crippen LogP contribution in [0.1, 0.15) is 22.3 Å². The lowest BCUT2D eigenvalue weighted by atomic mass is 9.93. The van der Waals surface area contributed by atoms with E-state index in [1.54, 1.807) is 0 Å². The highest BCUT2D eigenvalue weighted by Crippen LogP contribution is 2.44. The van der Waals surface area contributed by atoms with Crippen molar-refractivity contribution in [3.8, 4) is 61.8 Å². The van der Waals surface area contributed by atoms with E-state index in [0.717, 1.165) is 95.9 Å². The quantitative estimate of drug-likeness (QED) is 0.122. The first-order chi connectivity index (χ1) is 38.8. The Bertz CT molecular complexity index is 4020. The highest BCUT2D eigenvalue weighted by Gasteiger charge is 2.22. The fourth-order valence-corrected chi connectivity index (χ4v) is 11.4. The molecule has 5 heteroatoms. The van der Waals surface area contributed by atoms with Crippen LogP contribution in [0.25, 0.3) is 83.6 Å². The van der Waals surface area contributed by atoms with Crippen molar-refractivity contribution in [3.05, 3.63) is 295 Å². The lowest BCUT2D eigenvalue weighted by Gasteiger charge is -2.26. The van der Waals surface area contributed by atoms with E-state index >= 15 is 0 Å². The van der Waals surface area contributed by atoms with Crippen LogP contribution in [0.2, 0.25) is 0 Å². The van der Waals surface area contributed by atoms with Gasteiger partial charge in [0.2, 0.25) is 0 Å². The van der Waals surface area contributed by atoms with Crippen LogP contribution in [0, 0.1) is 27.7 Å². The van der Waals surface area contributed by atoms with E-state index in [1.807, 2.05) is 0 Å². The minimum absolute atomic E-state index is 0.721. The van der Waals surface area contributed by atoms with E-state index in [-0.39, 0.29) is 0 Å². The predicted octanol–water partition coefficient (Wildman–Crippen LogP) is 20.1. The molecule has 0 aliphatic rings. The molecular formula is C74H57N5. The fourth-order valence-electron chi connectivity index (χ4n) is 11.4. The summed E-state index contributed by atoms with van der Waals surface area (Å²) in [6.07, 6.45) is 0. The number of benzene rings is 11. The zero-order valence-electron chi connectivity index (χ0n) is 44.7. The van der Waals surface area contributed by atoms with Crippen LogP contribution >= 0.6 is 0 Å². The molecule has 5 nitrogen and oxygen atoms in total. The number of hydrogen-bond donors (Lipinski definition) is 0. The van der Waals surface area contributed by atoms with Crippen LogP contribution in [-0.2, 0) is 0 Å². The largest absolute Gasteiger partial charge is 0.310 e. The van der Waals surface area contributed by atoms with Gasteiger partial charge in [0.05, 0.1) is 22.4 Å². The van der Waals surface area contributed by atoms with Gasteiger partial charge in [0.15, 0.2) is 5.82 Å². The van der Waals surface area contributed by atoms with Gasteiger partial charge in [-0.05, 0) is 176 Å². The third kappa shape index (κ3) is 9.53. The molecule has 0 atom stereocenters. The maximum absolute atomic E-state index is 5.12. The smallest absolute Gasteiger partial charge is 0.160 e. The molecule has 13 rings (SSSR count). The van der Waals surface area contributed by atoms with Crippen molar-refractivity contribution < 1.29 is 0 Å². The molecule has 79 heavy (non-hydrogen) atoms. The average molecular weight is 1020 g/mol. The lowest BCUT2D eigenvalue weighted by Crippen LogP contribution is -2.09. The van der Waals surface area contributed by atoms with Gasteiger partial charge >= 0.3 is 0 Å². The second kappa shape index (κ2) is 20.8. The molecule has 0 aliphatic carbocycles. The molecule has 0 radical (unpaired) electrons. The number of aromatic nitrogens is 3. The predicted molar refractivity (Wildman–Crippen MR) is 332 cm³/mol. The summed E-state index contributed by atoms with van der Waals surface area (Å²) in [6, 6.07) is 98.1. The Hall–Kier alpha value is -10.1. The van der Waals surface area contributed by atoms with Gasteiger partial charge in [0.1, 0.15) is 0 Å². The molecule has 0 saturated heterocycles. The number of hydrogen-bond acceptors (Lipinski definition) is 4. The summed E-state index contributed by atoms with van der Waals surface area (Å²) in [5, 5.41) is 2.35. The van der Waals surface area contributed by atoms with E-state index in [9.17, 15) is 0 Å². The molecule has 378 valence electrons. The number of fused-ring (bicyclic) bond motifs is 3. The molecule has 13 aromatic rings. The summed E-state index contributed by atoms with van der Waals surface area (Å²) >= 11 is 0. The van der Waals surface area contributed by atoms with Gasteiger partial charge in [-0.25, -0.2) is 9.97 Å². The zero-order valence-corrected chi connectivity index (χ0v) is 44.7. The van der Waals surface area contributed by atoms with E-state index < -0.39 is 0 Å². The summed E-state index contributed by atoms with van der Waals surface area (Å²) in [5.74, 6) is 0.721. The average Bonchev–Trinajstić information content (AvgIpc) is 3.79. The first-order valence-corrected chi connectivity index (χ1v) is 27.0. The van der Waals surface area contributed by atoms with Crippen LogP contribution < -0.4 is 9.80 Å². The van der Waals surface area contributed by atoms with Gasteiger partial charge in [-0.15, -0.1) is 0 Å². The number of anilines is 6. The van der Waals surface area contributed by atoms with Gasteiger partial charge < -0.3 is 14.4 Å². The van der Waals surface area contributed by atoms with Crippen LogP contribution in [0.15, 0.2) is 273 Å². The molecule has 0 bridgehead atoms. The highest BCUT2D eigenvalue weighted by molar-refractivity contribution is 6.12. The second-order valence-electron chi connectivity index (χ2n) is 20.6. The molecule has 0 N–H and O–H groups in total. The van der Waals surface area contributed by atoms with Gasteiger partial charge in [0.25, 0.3) is 0 Å². The van der Waals surface area contributed by atoms with Gasteiger partial charge in [-0.2, -0.15) is 0 Å². The van der Waals surface area contributed by atoms with E-state index in [1.165, 1.54) is 44.2 Å². The van der Waals surface area contributed by atoms with Gasteiger partial charge in [-0.3, -0.25) is 0 Å². The van der Waals surface area contributed by atoms with E-state index in [0.29, 0.717) is 0 Å². The molecule has 0 unspecified atom stereocenters. The van der Waals surface area contributed by atoms with E-state index in [2.05, 4.69) is 315 Å². The Balaban J connectivity index is 0.867. The Kier molecular flexibility index (Phi) is 12.8. The minimum Gasteiger partial charge on any atom is -0.310 e. The number of rotatable bonds is 12. The first-order valence-electron chi connectivity index (χ1n) is 27.0. The maximum Gasteiger partial charge on any atom is 0.160 e. The number of para-hydroxylation sites is 4. The fraction of sp³-hybridized carbons (Fsp3) is 0.0541. The maximum atomic E-state index is 5.12. The summed E-state index contributed by atoms with van der Waals surface area (Å²) in [4.78, 5) is 14.9. The Morgan fingerprint density at radius 2 is 0.684 bits per heavy atom. The summed E-state index contributed by atoms with van der Waals surface area (Å²) in [5.41, 5.74) is 24.5.